The molecule has 0 radical (unpaired) electrons. The first-order valence-electron chi connectivity index (χ1n) is 12.4. The fraction of sp³-hybridized carbons (Fsp3) is 0.185. The number of rotatable bonds is 7. The smallest absolute Gasteiger partial charge is 0.261 e. The van der Waals surface area contributed by atoms with Crippen LogP contribution in [-0.2, 0) is 10.0 Å². The zero-order chi connectivity index (χ0) is 27.0. The lowest BCUT2D eigenvalue weighted by atomic mass is 10.1. The van der Waals surface area contributed by atoms with Crippen LogP contribution in [0.3, 0.4) is 0 Å². The summed E-state index contributed by atoms with van der Waals surface area (Å²) in [4.78, 5) is 12.4. The summed E-state index contributed by atoms with van der Waals surface area (Å²) in [5, 5.41) is 5.29. The fourth-order valence-electron chi connectivity index (χ4n) is 4.78. The van der Waals surface area contributed by atoms with Gasteiger partial charge in [-0.15, -0.1) is 0 Å². The van der Waals surface area contributed by atoms with Crippen LogP contribution in [-0.4, -0.2) is 33.2 Å². The van der Waals surface area contributed by atoms with Crippen molar-refractivity contribution in [1.82, 2.24) is 24.7 Å². The van der Waals surface area contributed by atoms with Gasteiger partial charge < -0.3 is 10.5 Å². The molecule has 0 bridgehead atoms. The lowest BCUT2D eigenvalue weighted by molar-refractivity contribution is 0.479. The molecule has 0 saturated heterocycles. The molecule has 2 aromatic carbocycles. The molecule has 3 heterocycles. The maximum Gasteiger partial charge on any atom is 0.261 e. The second-order valence-corrected chi connectivity index (χ2v) is 10.9. The molecule has 3 N–H and O–H groups in total. The van der Waals surface area contributed by atoms with Crippen LogP contribution < -0.4 is 15.2 Å². The molecule has 39 heavy (non-hydrogen) atoms. The van der Waals surface area contributed by atoms with Gasteiger partial charge in [0.25, 0.3) is 10.0 Å². The average molecular weight is 546 g/mol. The molecule has 1 aliphatic rings. The molecule has 6 rings (SSSR count). The Morgan fingerprint density at radius 3 is 2.41 bits per heavy atom. The number of nitrogens with two attached hydrogens (primary N) is 1. The summed E-state index contributed by atoms with van der Waals surface area (Å²) in [6.45, 7) is 0. The second kappa shape index (κ2) is 9.95. The van der Waals surface area contributed by atoms with E-state index in [1.54, 1.807) is 30.6 Å². The van der Waals surface area contributed by atoms with Gasteiger partial charge in [0.05, 0.1) is 22.0 Å². The molecule has 198 valence electrons. The third kappa shape index (κ3) is 4.86. The maximum absolute atomic E-state index is 15.2. The van der Waals surface area contributed by atoms with Crippen molar-refractivity contribution in [1.29, 1.82) is 0 Å². The summed E-state index contributed by atoms with van der Waals surface area (Å²) < 4.78 is 51.0. The number of halogens is 1. The SMILES string of the molecule is Nc1ncnc2c1c(-c1ccc(NS(=O)(=O)c3ccc(Oc4ccncc4)cc3)c(F)c1)nn2C1CCCC1. The number of fused-ring (bicyclic) bond motifs is 1. The number of nitrogen functional groups attached to an aromatic ring is 1. The lowest BCUT2D eigenvalue weighted by Crippen LogP contribution is -2.14. The van der Waals surface area contributed by atoms with Gasteiger partial charge in [0.1, 0.15) is 35.2 Å². The highest BCUT2D eigenvalue weighted by Crippen LogP contribution is 2.37. The maximum atomic E-state index is 15.2. The van der Waals surface area contributed by atoms with E-state index in [0.29, 0.717) is 33.8 Å². The largest absolute Gasteiger partial charge is 0.457 e. The van der Waals surface area contributed by atoms with Gasteiger partial charge in [0.15, 0.2) is 5.65 Å². The van der Waals surface area contributed by atoms with E-state index in [2.05, 4.69) is 19.7 Å². The molecule has 0 amide bonds. The number of benzene rings is 2. The molecule has 10 nitrogen and oxygen atoms in total. The van der Waals surface area contributed by atoms with Crippen LogP contribution in [0, 0.1) is 5.82 Å². The minimum Gasteiger partial charge on any atom is -0.457 e. The predicted octanol–water partition coefficient (Wildman–Crippen LogP) is 5.32. The number of aromatic nitrogens is 5. The summed E-state index contributed by atoms with van der Waals surface area (Å²) in [6.07, 6.45) is 8.73. The Hall–Kier alpha value is -4.58. The molecule has 12 heteroatoms. The number of pyridine rings is 1. The monoisotopic (exact) mass is 545 g/mol. The molecule has 0 aliphatic heterocycles. The van der Waals surface area contributed by atoms with Crippen molar-refractivity contribution in [2.75, 3.05) is 10.5 Å². The van der Waals surface area contributed by atoms with Crippen LogP contribution in [0.4, 0.5) is 15.9 Å². The Morgan fingerprint density at radius 2 is 1.69 bits per heavy atom. The normalized spacial score (nSPS) is 14.1. The molecule has 1 aliphatic carbocycles. The Bertz CT molecular complexity index is 1750. The molecule has 3 aromatic heterocycles. The van der Waals surface area contributed by atoms with E-state index in [1.807, 2.05) is 4.68 Å². The van der Waals surface area contributed by atoms with Crippen LogP contribution >= 0.6 is 0 Å². The predicted molar refractivity (Wildman–Crippen MR) is 144 cm³/mol. The fourth-order valence-corrected chi connectivity index (χ4v) is 5.85. The van der Waals surface area contributed by atoms with Gasteiger partial charge in [-0.3, -0.25) is 9.71 Å². The van der Waals surface area contributed by atoms with Crippen molar-refractivity contribution in [2.45, 2.75) is 36.6 Å². The third-order valence-electron chi connectivity index (χ3n) is 6.70. The quantitative estimate of drug-likeness (QED) is 0.280. The Kier molecular flexibility index (Phi) is 6.31. The van der Waals surface area contributed by atoms with Gasteiger partial charge in [-0.05, 0) is 61.4 Å². The van der Waals surface area contributed by atoms with Gasteiger partial charge in [-0.1, -0.05) is 18.9 Å². The zero-order valence-electron chi connectivity index (χ0n) is 20.7. The standard InChI is InChI=1S/C27H24FN7O3S/c28-22-15-17(25-24-26(29)31-16-32-27(24)35(33-25)18-3-1-2-4-18)5-10-23(22)34-39(36,37)21-8-6-19(7-9-21)38-20-11-13-30-14-12-20/h5-16,18,34H,1-4H2,(H2,29,31,32). The van der Waals surface area contributed by atoms with E-state index in [-0.39, 0.29) is 22.4 Å². The van der Waals surface area contributed by atoms with Crippen LogP contribution in [0.1, 0.15) is 31.7 Å². The number of hydrogen-bond donors (Lipinski definition) is 2. The van der Waals surface area contributed by atoms with Crippen molar-refractivity contribution in [2.24, 2.45) is 0 Å². The molecule has 1 fully saturated rings. The molecular formula is C27H24FN7O3S. The van der Waals surface area contributed by atoms with E-state index in [0.717, 1.165) is 25.7 Å². The second-order valence-electron chi connectivity index (χ2n) is 9.25. The van der Waals surface area contributed by atoms with Crippen molar-refractivity contribution in [3.8, 4) is 22.8 Å². The summed E-state index contributed by atoms with van der Waals surface area (Å²) >= 11 is 0. The van der Waals surface area contributed by atoms with E-state index in [1.165, 1.54) is 42.7 Å². The van der Waals surface area contributed by atoms with Gasteiger partial charge in [-0.25, -0.2) is 27.5 Å². The average Bonchev–Trinajstić information content (AvgIpc) is 3.60. The highest BCUT2D eigenvalue weighted by molar-refractivity contribution is 7.92. The van der Waals surface area contributed by atoms with Crippen molar-refractivity contribution in [3.05, 3.63) is 79.1 Å². The van der Waals surface area contributed by atoms with Gasteiger partial charge in [-0.2, -0.15) is 5.10 Å². The highest BCUT2D eigenvalue weighted by Gasteiger charge is 2.25. The lowest BCUT2D eigenvalue weighted by Gasteiger charge is -2.11. The van der Waals surface area contributed by atoms with Crippen molar-refractivity contribution in [3.63, 3.8) is 0 Å². The first-order chi connectivity index (χ1) is 18.9. The summed E-state index contributed by atoms with van der Waals surface area (Å²) in [6, 6.07) is 13.6. The molecule has 1 saturated carbocycles. The zero-order valence-corrected chi connectivity index (χ0v) is 21.5. The van der Waals surface area contributed by atoms with Gasteiger partial charge in [0, 0.05) is 18.0 Å². The summed E-state index contributed by atoms with van der Waals surface area (Å²) in [5.74, 6) is 0.506. The first kappa shape index (κ1) is 24.7. The summed E-state index contributed by atoms with van der Waals surface area (Å²) in [7, 11) is -4.07. The topological polar surface area (TPSA) is 138 Å². The number of hydrogen-bond acceptors (Lipinski definition) is 8. The Labute approximate surface area is 223 Å². The van der Waals surface area contributed by atoms with E-state index >= 15 is 4.39 Å². The van der Waals surface area contributed by atoms with Gasteiger partial charge in [0.2, 0.25) is 0 Å². The number of nitrogens with zero attached hydrogens (tertiary/aromatic N) is 5. The van der Waals surface area contributed by atoms with Crippen LogP contribution in [0.2, 0.25) is 0 Å². The molecular weight excluding hydrogens is 521 g/mol. The molecule has 0 unspecified atom stereocenters. The van der Waals surface area contributed by atoms with E-state index in [4.69, 9.17) is 15.6 Å². The number of nitrogens with one attached hydrogen (secondary N) is 1. The first-order valence-corrected chi connectivity index (χ1v) is 13.9. The number of anilines is 2. The minimum atomic E-state index is -4.07. The van der Waals surface area contributed by atoms with Crippen molar-refractivity contribution < 1.29 is 17.5 Å². The summed E-state index contributed by atoms with van der Waals surface area (Å²) in [5.41, 5.74) is 7.48. The third-order valence-corrected chi connectivity index (χ3v) is 8.08. The van der Waals surface area contributed by atoms with E-state index < -0.39 is 15.8 Å². The van der Waals surface area contributed by atoms with E-state index in [9.17, 15) is 8.42 Å². The Balaban J connectivity index is 1.26. The van der Waals surface area contributed by atoms with Crippen LogP contribution in [0.5, 0.6) is 11.5 Å². The molecule has 0 spiro atoms. The number of ether oxygens (including phenoxy) is 1. The van der Waals surface area contributed by atoms with Crippen LogP contribution in [0.25, 0.3) is 22.3 Å². The molecule has 0 atom stereocenters. The highest BCUT2D eigenvalue weighted by atomic mass is 32.2. The van der Waals surface area contributed by atoms with Gasteiger partial charge >= 0.3 is 0 Å². The Morgan fingerprint density at radius 1 is 0.974 bits per heavy atom. The molecule has 5 aromatic rings. The number of sulfonamides is 1. The van der Waals surface area contributed by atoms with Crippen molar-refractivity contribution >= 4 is 32.6 Å². The minimum absolute atomic E-state index is 0.0423. The van der Waals surface area contributed by atoms with Crippen LogP contribution in [0.15, 0.2) is 78.2 Å².